The fourth-order valence-corrected chi connectivity index (χ4v) is 3.36. The molecule has 0 amide bonds. The summed E-state index contributed by atoms with van der Waals surface area (Å²) < 4.78 is 0.706. The molecule has 1 saturated carbocycles. The van der Waals surface area contributed by atoms with Crippen molar-refractivity contribution in [2.45, 2.75) is 22.3 Å². The van der Waals surface area contributed by atoms with E-state index in [0.717, 1.165) is 6.04 Å². The number of rotatable bonds is 0. The Morgan fingerprint density at radius 1 is 1.62 bits per heavy atom. The van der Waals surface area contributed by atoms with Crippen molar-refractivity contribution in [2.24, 2.45) is 0 Å². The summed E-state index contributed by atoms with van der Waals surface area (Å²) >= 11 is 2.61. The minimum Gasteiger partial charge on any atom is -0.302 e. The Balaban J connectivity index is 2.17. The summed E-state index contributed by atoms with van der Waals surface area (Å²) in [6.07, 6.45) is 2.90. The van der Waals surface area contributed by atoms with Crippen molar-refractivity contribution in [3.8, 4) is 0 Å². The van der Waals surface area contributed by atoms with E-state index in [1.165, 1.54) is 19.4 Å². The smallest absolute Gasteiger partial charge is 0.0378 e. The highest BCUT2D eigenvalue weighted by atomic mass is 127. The van der Waals surface area contributed by atoms with E-state index in [2.05, 4.69) is 34.5 Å². The predicted octanol–water partition coefficient (Wildman–Crippen LogP) is 1.27. The van der Waals surface area contributed by atoms with Gasteiger partial charge in [-0.1, -0.05) is 22.6 Å². The first-order valence-electron chi connectivity index (χ1n) is 3.09. The summed E-state index contributed by atoms with van der Waals surface area (Å²) in [7, 11) is 2.23. The highest BCUT2D eigenvalue weighted by molar-refractivity contribution is 14.1. The van der Waals surface area contributed by atoms with Crippen LogP contribution in [0.2, 0.25) is 0 Å². The highest BCUT2D eigenvalue weighted by Crippen LogP contribution is 2.49. The first-order valence-corrected chi connectivity index (χ1v) is 4.17. The Hall–Kier alpha value is 0.690. The molecule has 3 fully saturated rings. The minimum atomic E-state index is 0.706. The molecule has 0 aromatic rings. The second kappa shape index (κ2) is 1.40. The third-order valence-electron chi connectivity index (χ3n) is 2.36. The Morgan fingerprint density at radius 2 is 2.25 bits per heavy atom. The zero-order valence-corrected chi connectivity index (χ0v) is 7.18. The molecule has 0 unspecified atom stereocenters. The van der Waals surface area contributed by atoms with E-state index < -0.39 is 0 Å². The fourth-order valence-electron chi connectivity index (χ4n) is 1.80. The molecule has 46 valence electrons. The molecule has 2 aliphatic heterocycles. The van der Waals surface area contributed by atoms with Crippen LogP contribution in [0.4, 0.5) is 0 Å². The first kappa shape index (κ1) is 5.47. The van der Waals surface area contributed by atoms with E-state index in [1.807, 2.05) is 0 Å². The molecule has 2 bridgehead atoms. The molecule has 0 N–H and O–H groups in total. The quantitative estimate of drug-likeness (QED) is 0.441. The van der Waals surface area contributed by atoms with Gasteiger partial charge in [0.05, 0.1) is 0 Å². The Bertz CT molecular complexity index is 118. The maximum absolute atomic E-state index is 2.61. The second-order valence-corrected chi connectivity index (χ2v) is 5.42. The van der Waals surface area contributed by atoms with Gasteiger partial charge in [-0.25, -0.2) is 0 Å². The van der Waals surface area contributed by atoms with Crippen molar-refractivity contribution in [1.82, 2.24) is 4.90 Å². The van der Waals surface area contributed by atoms with E-state index in [9.17, 15) is 0 Å². The molecule has 0 radical (unpaired) electrons. The van der Waals surface area contributed by atoms with Crippen LogP contribution in [0.15, 0.2) is 0 Å². The van der Waals surface area contributed by atoms with Gasteiger partial charge in [0.25, 0.3) is 0 Å². The molecule has 8 heavy (non-hydrogen) atoms. The molecule has 0 aromatic heterocycles. The van der Waals surface area contributed by atoms with Gasteiger partial charge in [0, 0.05) is 16.0 Å². The second-order valence-electron chi connectivity index (χ2n) is 3.13. The zero-order chi connectivity index (χ0) is 5.78. The van der Waals surface area contributed by atoms with Crippen molar-refractivity contribution < 1.29 is 0 Å². The lowest BCUT2D eigenvalue weighted by Gasteiger charge is -2.31. The highest BCUT2D eigenvalue weighted by Gasteiger charge is 2.51. The summed E-state index contributed by atoms with van der Waals surface area (Å²) in [5.41, 5.74) is 0. The monoisotopic (exact) mass is 223 g/mol. The van der Waals surface area contributed by atoms with Crippen LogP contribution in [0.1, 0.15) is 12.8 Å². The van der Waals surface area contributed by atoms with Gasteiger partial charge in [-0.2, -0.15) is 0 Å². The standard InChI is InChI=1S/C6H10IN/c1-8-4-6(7)2-5(8)3-6/h5H,2-4H2,1H3. The predicted molar refractivity (Wildman–Crippen MR) is 42.4 cm³/mol. The van der Waals surface area contributed by atoms with Crippen LogP contribution in [-0.2, 0) is 0 Å². The van der Waals surface area contributed by atoms with Crippen molar-refractivity contribution in [2.75, 3.05) is 13.6 Å². The zero-order valence-electron chi connectivity index (χ0n) is 5.02. The average Bonchev–Trinajstić information content (AvgIpc) is 1.88. The van der Waals surface area contributed by atoms with E-state index in [0.29, 0.717) is 3.42 Å². The first-order chi connectivity index (χ1) is 3.70. The number of halogens is 1. The molecule has 0 aromatic carbocycles. The van der Waals surface area contributed by atoms with Crippen LogP contribution in [-0.4, -0.2) is 28.0 Å². The SMILES string of the molecule is CN1CC2(I)CC1C2. The van der Waals surface area contributed by atoms with Crippen LogP contribution in [0.3, 0.4) is 0 Å². The molecule has 0 atom stereocenters. The van der Waals surface area contributed by atoms with Crippen LogP contribution in [0.5, 0.6) is 0 Å². The van der Waals surface area contributed by atoms with Gasteiger partial charge in [0.2, 0.25) is 0 Å². The van der Waals surface area contributed by atoms with E-state index in [1.54, 1.807) is 0 Å². The Morgan fingerprint density at radius 3 is 2.38 bits per heavy atom. The van der Waals surface area contributed by atoms with Gasteiger partial charge in [-0.05, 0) is 19.9 Å². The molecule has 3 aliphatic rings. The largest absolute Gasteiger partial charge is 0.302 e. The average molecular weight is 223 g/mol. The molecule has 1 aliphatic carbocycles. The molecule has 0 spiro atoms. The summed E-state index contributed by atoms with van der Waals surface area (Å²) in [6.45, 7) is 1.33. The minimum absolute atomic E-state index is 0.706. The maximum Gasteiger partial charge on any atom is 0.0378 e. The van der Waals surface area contributed by atoms with Crippen molar-refractivity contribution in [1.29, 1.82) is 0 Å². The number of hydrogen-bond donors (Lipinski definition) is 0. The lowest BCUT2D eigenvalue weighted by molar-refractivity contribution is 0.300. The van der Waals surface area contributed by atoms with Gasteiger partial charge >= 0.3 is 0 Å². The summed E-state index contributed by atoms with van der Waals surface area (Å²) in [4.78, 5) is 2.48. The van der Waals surface area contributed by atoms with Crippen LogP contribution >= 0.6 is 22.6 Å². The lowest BCUT2D eigenvalue weighted by Crippen LogP contribution is -2.34. The normalized spacial score (nSPS) is 54.0. The van der Waals surface area contributed by atoms with Gasteiger partial charge < -0.3 is 4.90 Å². The number of nitrogens with zero attached hydrogens (tertiary/aromatic N) is 1. The van der Waals surface area contributed by atoms with Crippen molar-refractivity contribution in [3.05, 3.63) is 0 Å². The van der Waals surface area contributed by atoms with Gasteiger partial charge in [-0.15, -0.1) is 0 Å². The van der Waals surface area contributed by atoms with E-state index >= 15 is 0 Å². The van der Waals surface area contributed by atoms with Crippen LogP contribution in [0, 0.1) is 0 Å². The molecular weight excluding hydrogens is 213 g/mol. The maximum atomic E-state index is 2.61. The number of fused-ring (bicyclic) bond motifs is 1. The number of alkyl halides is 1. The van der Waals surface area contributed by atoms with E-state index in [-0.39, 0.29) is 0 Å². The molecule has 3 rings (SSSR count). The molecule has 1 nitrogen and oxygen atoms in total. The Kier molecular flexibility index (Phi) is 0.956. The summed E-state index contributed by atoms with van der Waals surface area (Å²) in [6, 6.07) is 0.951. The summed E-state index contributed by atoms with van der Waals surface area (Å²) in [5.74, 6) is 0. The lowest BCUT2D eigenvalue weighted by atomic mass is 9.86. The van der Waals surface area contributed by atoms with Crippen LogP contribution < -0.4 is 0 Å². The molecule has 2 heterocycles. The third-order valence-corrected chi connectivity index (χ3v) is 3.58. The molecule has 2 heteroatoms. The summed E-state index contributed by atoms with van der Waals surface area (Å²) in [5, 5.41) is 0. The Labute approximate surface area is 63.6 Å². The van der Waals surface area contributed by atoms with Gasteiger partial charge in [0.1, 0.15) is 0 Å². The van der Waals surface area contributed by atoms with Gasteiger partial charge in [-0.3, -0.25) is 0 Å². The molecular formula is C6H10IN. The van der Waals surface area contributed by atoms with E-state index in [4.69, 9.17) is 0 Å². The van der Waals surface area contributed by atoms with Crippen molar-refractivity contribution >= 4 is 22.6 Å². The topological polar surface area (TPSA) is 3.24 Å². The van der Waals surface area contributed by atoms with Crippen LogP contribution in [0.25, 0.3) is 0 Å². The third kappa shape index (κ3) is 0.559. The number of hydrogen-bond acceptors (Lipinski definition) is 1. The van der Waals surface area contributed by atoms with Gasteiger partial charge in [0.15, 0.2) is 0 Å². The van der Waals surface area contributed by atoms with Crippen molar-refractivity contribution in [3.63, 3.8) is 0 Å². The molecule has 2 saturated heterocycles. The fraction of sp³-hybridized carbons (Fsp3) is 1.00.